The van der Waals surface area contributed by atoms with Gasteiger partial charge >= 0.3 is 0 Å². The number of furan rings is 1. The van der Waals surface area contributed by atoms with Crippen LogP contribution < -0.4 is 4.90 Å². The molecule has 52 heavy (non-hydrogen) atoms. The van der Waals surface area contributed by atoms with Gasteiger partial charge in [0.15, 0.2) is 0 Å². The van der Waals surface area contributed by atoms with Crippen LogP contribution in [0.2, 0.25) is 0 Å². The molecule has 10 aromatic rings. The third kappa shape index (κ3) is 5.04. The molecule has 0 aliphatic rings. The van der Waals surface area contributed by atoms with E-state index in [1.165, 1.54) is 38.6 Å². The minimum atomic E-state index is 0.876. The average molecular weight is 664 g/mol. The van der Waals surface area contributed by atoms with Gasteiger partial charge in [-0.3, -0.25) is 0 Å². The van der Waals surface area contributed by atoms with Crippen LogP contribution in [-0.2, 0) is 0 Å². The maximum absolute atomic E-state index is 6.84. The van der Waals surface area contributed by atoms with Gasteiger partial charge in [0.1, 0.15) is 11.2 Å². The van der Waals surface area contributed by atoms with Crippen LogP contribution in [0.15, 0.2) is 205 Å². The van der Waals surface area contributed by atoms with Gasteiger partial charge in [0.25, 0.3) is 0 Å². The topological polar surface area (TPSA) is 16.4 Å². The van der Waals surface area contributed by atoms with Crippen molar-refractivity contribution in [1.29, 1.82) is 0 Å². The first kappa shape index (κ1) is 30.0. The number of benzene rings is 9. The molecule has 0 N–H and O–H groups in total. The minimum Gasteiger partial charge on any atom is -0.455 e. The highest BCUT2D eigenvalue weighted by atomic mass is 16.3. The standard InChI is InChI=1S/C50H33NO/c1-3-15-34(16-4-1)38-21-13-22-39(31-38)51(40-30-29-35-17-7-8-20-37(35)32-40)47-33-46-49-44(42-24-10-9-23-41(42)36-18-5-2-6-19-36)27-14-28-48(49)52-50(46)45-26-12-11-25-43(45)47/h1-33H. The molecule has 0 atom stereocenters. The van der Waals surface area contributed by atoms with E-state index in [-0.39, 0.29) is 0 Å². The van der Waals surface area contributed by atoms with E-state index in [2.05, 4.69) is 205 Å². The van der Waals surface area contributed by atoms with Crippen LogP contribution in [-0.4, -0.2) is 0 Å². The molecule has 0 unspecified atom stereocenters. The fourth-order valence-electron chi connectivity index (χ4n) is 7.82. The van der Waals surface area contributed by atoms with Crippen molar-refractivity contribution in [3.05, 3.63) is 200 Å². The van der Waals surface area contributed by atoms with Crippen molar-refractivity contribution in [2.75, 3.05) is 4.90 Å². The molecule has 0 fully saturated rings. The highest BCUT2D eigenvalue weighted by Crippen LogP contribution is 2.48. The quantitative estimate of drug-likeness (QED) is 0.176. The highest BCUT2D eigenvalue weighted by Gasteiger charge is 2.23. The molecule has 1 aromatic heterocycles. The summed E-state index contributed by atoms with van der Waals surface area (Å²) in [4.78, 5) is 2.42. The average Bonchev–Trinajstić information content (AvgIpc) is 3.61. The molecular formula is C50H33NO. The molecule has 0 bridgehead atoms. The molecular weight excluding hydrogens is 631 g/mol. The van der Waals surface area contributed by atoms with Crippen LogP contribution in [0.25, 0.3) is 76.9 Å². The molecule has 0 aliphatic heterocycles. The Morgan fingerprint density at radius 1 is 0.346 bits per heavy atom. The molecule has 0 saturated carbocycles. The first-order valence-corrected chi connectivity index (χ1v) is 17.8. The van der Waals surface area contributed by atoms with E-state index in [0.29, 0.717) is 0 Å². The molecule has 0 radical (unpaired) electrons. The number of fused-ring (bicyclic) bond motifs is 6. The number of rotatable bonds is 6. The molecule has 0 saturated heterocycles. The van der Waals surface area contributed by atoms with Gasteiger partial charge < -0.3 is 9.32 Å². The molecule has 1 heterocycles. The lowest BCUT2D eigenvalue weighted by molar-refractivity contribution is 0.673. The van der Waals surface area contributed by atoms with Gasteiger partial charge in [-0.05, 0) is 80.6 Å². The zero-order valence-corrected chi connectivity index (χ0v) is 28.4. The molecule has 0 spiro atoms. The summed E-state index contributed by atoms with van der Waals surface area (Å²) in [5.41, 5.74) is 12.1. The summed E-state index contributed by atoms with van der Waals surface area (Å²) in [5.74, 6) is 0. The lowest BCUT2D eigenvalue weighted by Gasteiger charge is -2.28. The first-order chi connectivity index (χ1) is 25.8. The smallest absolute Gasteiger partial charge is 0.143 e. The van der Waals surface area contributed by atoms with Gasteiger partial charge in [0, 0.05) is 32.9 Å². The second-order valence-corrected chi connectivity index (χ2v) is 13.3. The Bertz CT molecular complexity index is 2910. The Morgan fingerprint density at radius 2 is 0.962 bits per heavy atom. The van der Waals surface area contributed by atoms with Crippen LogP contribution in [0.5, 0.6) is 0 Å². The fraction of sp³-hybridized carbons (Fsp3) is 0. The molecule has 2 heteroatoms. The van der Waals surface area contributed by atoms with E-state index < -0.39 is 0 Å². The summed E-state index contributed by atoms with van der Waals surface area (Å²) in [6, 6.07) is 71.6. The third-order valence-corrected chi connectivity index (χ3v) is 10.2. The van der Waals surface area contributed by atoms with Crippen LogP contribution in [0, 0.1) is 0 Å². The zero-order chi connectivity index (χ0) is 34.4. The zero-order valence-electron chi connectivity index (χ0n) is 28.4. The number of hydrogen-bond acceptors (Lipinski definition) is 2. The predicted octanol–water partition coefficient (Wildman–Crippen LogP) is 14.4. The third-order valence-electron chi connectivity index (χ3n) is 10.2. The maximum atomic E-state index is 6.84. The molecule has 0 amide bonds. The number of nitrogens with zero attached hydrogens (tertiary/aromatic N) is 1. The monoisotopic (exact) mass is 663 g/mol. The van der Waals surface area contributed by atoms with E-state index in [1.807, 2.05) is 0 Å². The van der Waals surface area contributed by atoms with Crippen LogP contribution in [0.4, 0.5) is 17.1 Å². The van der Waals surface area contributed by atoms with E-state index in [9.17, 15) is 0 Å². The molecule has 2 nitrogen and oxygen atoms in total. The van der Waals surface area contributed by atoms with Crippen LogP contribution >= 0.6 is 0 Å². The van der Waals surface area contributed by atoms with Crippen LogP contribution in [0.3, 0.4) is 0 Å². The Hall–Kier alpha value is -6.90. The SMILES string of the molecule is c1ccc(-c2cccc(N(c3ccc4ccccc4c3)c3cc4c(oc5cccc(-c6ccccc6-c6ccccc6)c54)c4ccccc34)c2)cc1. The van der Waals surface area contributed by atoms with Crippen molar-refractivity contribution in [2.24, 2.45) is 0 Å². The summed E-state index contributed by atoms with van der Waals surface area (Å²) < 4.78 is 6.84. The Balaban J connectivity index is 1.28. The van der Waals surface area contributed by atoms with Gasteiger partial charge in [0.2, 0.25) is 0 Å². The maximum Gasteiger partial charge on any atom is 0.143 e. The predicted molar refractivity (Wildman–Crippen MR) is 220 cm³/mol. The van der Waals surface area contributed by atoms with Crippen molar-refractivity contribution >= 4 is 60.5 Å². The number of hydrogen-bond donors (Lipinski definition) is 0. The van der Waals surface area contributed by atoms with E-state index in [4.69, 9.17) is 4.42 Å². The van der Waals surface area contributed by atoms with Crippen molar-refractivity contribution in [3.63, 3.8) is 0 Å². The number of anilines is 3. The van der Waals surface area contributed by atoms with Gasteiger partial charge in [-0.2, -0.15) is 0 Å². The van der Waals surface area contributed by atoms with Crippen molar-refractivity contribution in [1.82, 2.24) is 0 Å². The Labute approximate surface area is 302 Å². The van der Waals surface area contributed by atoms with Gasteiger partial charge in [-0.1, -0.05) is 164 Å². The van der Waals surface area contributed by atoms with Crippen molar-refractivity contribution < 1.29 is 4.42 Å². The summed E-state index contributed by atoms with van der Waals surface area (Å²) in [7, 11) is 0. The first-order valence-electron chi connectivity index (χ1n) is 17.8. The summed E-state index contributed by atoms with van der Waals surface area (Å²) in [6.45, 7) is 0. The van der Waals surface area contributed by atoms with Crippen molar-refractivity contribution in [3.8, 4) is 33.4 Å². The van der Waals surface area contributed by atoms with E-state index >= 15 is 0 Å². The lowest BCUT2D eigenvalue weighted by atomic mass is 9.91. The van der Waals surface area contributed by atoms with E-state index in [1.54, 1.807) is 0 Å². The van der Waals surface area contributed by atoms with Crippen LogP contribution in [0.1, 0.15) is 0 Å². The molecule has 0 aliphatic carbocycles. The largest absolute Gasteiger partial charge is 0.455 e. The minimum absolute atomic E-state index is 0.876. The molecule has 244 valence electrons. The Morgan fingerprint density at radius 3 is 1.79 bits per heavy atom. The van der Waals surface area contributed by atoms with Gasteiger partial charge in [-0.15, -0.1) is 0 Å². The van der Waals surface area contributed by atoms with Gasteiger partial charge in [-0.25, -0.2) is 0 Å². The summed E-state index contributed by atoms with van der Waals surface area (Å²) in [6.07, 6.45) is 0. The highest BCUT2D eigenvalue weighted by molar-refractivity contribution is 6.23. The van der Waals surface area contributed by atoms with E-state index in [0.717, 1.165) is 55.3 Å². The van der Waals surface area contributed by atoms with Gasteiger partial charge in [0.05, 0.1) is 5.69 Å². The molecule has 9 aromatic carbocycles. The summed E-state index contributed by atoms with van der Waals surface area (Å²) in [5, 5.41) is 6.82. The fourth-order valence-corrected chi connectivity index (χ4v) is 7.82. The van der Waals surface area contributed by atoms with Crippen molar-refractivity contribution in [2.45, 2.75) is 0 Å². The normalized spacial score (nSPS) is 11.5. The Kier molecular flexibility index (Phi) is 7.18. The summed E-state index contributed by atoms with van der Waals surface area (Å²) >= 11 is 0. The molecule has 10 rings (SSSR count). The second kappa shape index (κ2) is 12.5. The lowest BCUT2D eigenvalue weighted by Crippen LogP contribution is -2.10. The second-order valence-electron chi connectivity index (χ2n) is 13.3.